The average Bonchev–Trinajstić information content (AvgIpc) is 3.24. The highest BCUT2D eigenvalue weighted by atomic mass is 35.5. The molecule has 7 heteroatoms. The third-order valence-corrected chi connectivity index (χ3v) is 5.01. The zero-order chi connectivity index (χ0) is 18.1. The molecule has 0 spiro atoms. The molecule has 2 aromatic carbocycles. The molecule has 1 aromatic heterocycles. The summed E-state index contributed by atoms with van der Waals surface area (Å²) in [6.45, 7) is 4.08. The van der Waals surface area contributed by atoms with Gasteiger partial charge in [-0.1, -0.05) is 12.1 Å². The first-order valence-electron chi connectivity index (χ1n) is 8.92. The number of nitrogens with one attached hydrogen (secondary N) is 4. The van der Waals surface area contributed by atoms with E-state index >= 15 is 0 Å². The maximum absolute atomic E-state index is 12.6. The lowest BCUT2D eigenvalue weighted by molar-refractivity contribution is 0.102. The molecule has 0 saturated carbocycles. The summed E-state index contributed by atoms with van der Waals surface area (Å²) in [5.41, 5.74) is 4.63. The summed E-state index contributed by atoms with van der Waals surface area (Å²) < 4.78 is 0. The van der Waals surface area contributed by atoms with E-state index < -0.39 is 0 Å². The number of carbonyl (C=O) groups excluding carboxylic acids is 1. The van der Waals surface area contributed by atoms with Gasteiger partial charge >= 0.3 is 5.69 Å². The number of imidazole rings is 1. The van der Waals surface area contributed by atoms with Gasteiger partial charge < -0.3 is 20.6 Å². The second-order valence-electron chi connectivity index (χ2n) is 7.01. The SMILES string of the molecule is Cc1cc2[nH]c(=O)[nH]c2cc1NC(=O)c1ccc(CC2CCNC2)cc1.Cl. The largest absolute Gasteiger partial charge is 0.323 e. The number of H-pyrrole nitrogens is 2. The lowest BCUT2D eigenvalue weighted by Crippen LogP contribution is -2.13. The average molecular weight is 387 g/mol. The van der Waals surface area contributed by atoms with Crippen LogP contribution in [0.4, 0.5) is 5.69 Å². The summed E-state index contributed by atoms with van der Waals surface area (Å²) in [5, 5.41) is 6.32. The Labute approximate surface area is 163 Å². The van der Waals surface area contributed by atoms with E-state index in [9.17, 15) is 9.59 Å². The summed E-state index contributed by atoms with van der Waals surface area (Å²) in [7, 11) is 0. The van der Waals surface area contributed by atoms with Crippen molar-refractivity contribution >= 4 is 35.0 Å². The highest BCUT2D eigenvalue weighted by Gasteiger charge is 2.15. The van der Waals surface area contributed by atoms with Crippen molar-refractivity contribution in [2.24, 2.45) is 5.92 Å². The van der Waals surface area contributed by atoms with Crippen LogP contribution in [-0.2, 0) is 6.42 Å². The van der Waals surface area contributed by atoms with Crippen LogP contribution in [0.25, 0.3) is 11.0 Å². The van der Waals surface area contributed by atoms with Gasteiger partial charge in [-0.25, -0.2) is 4.79 Å². The Morgan fingerprint density at radius 1 is 1.15 bits per heavy atom. The molecule has 4 rings (SSSR count). The first-order chi connectivity index (χ1) is 12.6. The molecule has 1 aliphatic heterocycles. The van der Waals surface area contributed by atoms with Crippen molar-refractivity contribution < 1.29 is 4.79 Å². The highest BCUT2D eigenvalue weighted by Crippen LogP contribution is 2.21. The molecular formula is C20H23ClN4O2. The highest BCUT2D eigenvalue weighted by molar-refractivity contribution is 6.05. The van der Waals surface area contributed by atoms with Crippen LogP contribution >= 0.6 is 12.4 Å². The van der Waals surface area contributed by atoms with Crippen LogP contribution in [0, 0.1) is 12.8 Å². The van der Waals surface area contributed by atoms with Crippen molar-refractivity contribution in [3.8, 4) is 0 Å². The third-order valence-electron chi connectivity index (χ3n) is 5.01. The standard InChI is InChI=1S/C20H22N4O2.ClH/c1-12-8-17-18(24-20(26)23-17)10-16(12)22-19(25)15-4-2-13(3-5-15)9-14-6-7-21-11-14;/h2-5,8,10,14,21H,6-7,9,11H2,1H3,(H,22,25)(H2,23,24,26);1H. The fourth-order valence-electron chi connectivity index (χ4n) is 3.53. The van der Waals surface area contributed by atoms with Gasteiger partial charge in [0.15, 0.2) is 0 Å². The second-order valence-corrected chi connectivity index (χ2v) is 7.01. The molecule has 1 atom stereocenters. The Bertz CT molecular complexity index is 1000. The summed E-state index contributed by atoms with van der Waals surface area (Å²) in [6.07, 6.45) is 2.26. The van der Waals surface area contributed by atoms with Crippen molar-refractivity contribution in [1.29, 1.82) is 0 Å². The topological polar surface area (TPSA) is 89.8 Å². The van der Waals surface area contributed by atoms with E-state index in [1.807, 2.05) is 37.3 Å². The van der Waals surface area contributed by atoms with Gasteiger partial charge in [0, 0.05) is 11.3 Å². The van der Waals surface area contributed by atoms with Crippen molar-refractivity contribution in [2.45, 2.75) is 19.8 Å². The molecule has 2 heterocycles. The summed E-state index contributed by atoms with van der Waals surface area (Å²) in [5.74, 6) is 0.534. The van der Waals surface area contributed by atoms with Crippen LogP contribution in [0.15, 0.2) is 41.2 Å². The van der Waals surface area contributed by atoms with Crippen LogP contribution in [-0.4, -0.2) is 29.0 Å². The number of anilines is 1. The number of hydrogen-bond acceptors (Lipinski definition) is 3. The summed E-state index contributed by atoms with van der Waals surface area (Å²) in [6, 6.07) is 11.4. The molecule has 0 bridgehead atoms. The van der Waals surface area contributed by atoms with E-state index in [4.69, 9.17) is 0 Å². The van der Waals surface area contributed by atoms with Gasteiger partial charge in [0.2, 0.25) is 0 Å². The van der Waals surface area contributed by atoms with Gasteiger partial charge in [0.25, 0.3) is 5.91 Å². The van der Waals surface area contributed by atoms with E-state index in [0.29, 0.717) is 22.7 Å². The molecule has 4 N–H and O–H groups in total. The van der Waals surface area contributed by atoms with Crippen molar-refractivity contribution in [1.82, 2.24) is 15.3 Å². The minimum atomic E-state index is -0.254. The Hall–Kier alpha value is -2.57. The number of halogens is 1. The molecule has 1 unspecified atom stereocenters. The normalized spacial score (nSPS) is 16.3. The molecule has 0 radical (unpaired) electrons. The van der Waals surface area contributed by atoms with Crippen molar-refractivity contribution in [2.75, 3.05) is 18.4 Å². The number of carbonyl (C=O) groups is 1. The van der Waals surface area contributed by atoms with E-state index in [0.717, 1.165) is 30.6 Å². The van der Waals surface area contributed by atoms with E-state index in [1.165, 1.54) is 12.0 Å². The molecule has 6 nitrogen and oxygen atoms in total. The Morgan fingerprint density at radius 3 is 2.52 bits per heavy atom. The summed E-state index contributed by atoms with van der Waals surface area (Å²) >= 11 is 0. The van der Waals surface area contributed by atoms with Crippen LogP contribution in [0.3, 0.4) is 0 Å². The Morgan fingerprint density at radius 2 is 1.85 bits per heavy atom. The fourth-order valence-corrected chi connectivity index (χ4v) is 3.53. The Kier molecular flexibility index (Phi) is 5.68. The zero-order valence-electron chi connectivity index (χ0n) is 15.1. The first-order valence-corrected chi connectivity index (χ1v) is 8.92. The molecule has 1 fully saturated rings. The maximum Gasteiger partial charge on any atom is 0.323 e. The van der Waals surface area contributed by atoms with Crippen LogP contribution in [0.2, 0.25) is 0 Å². The van der Waals surface area contributed by atoms with Gasteiger partial charge in [-0.15, -0.1) is 12.4 Å². The number of aromatic nitrogens is 2. The molecule has 1 amide bonds. The second kappa shape index (κ2) is 7.98. The molecular weight excluding hydrogens is 364 g/mol. The summed E-state index contributed by atoms with van der Waals surface area (Å²) in [4.78, 5) is 29.4. The van der Waals surface area contributed by atoms with Crippen LogP contribution < -0.4 is 16.3 Å². The van der Waals surface area contributed by atoms with Crippen LogP contribution in [0.1, 0.15) is 27.9 Å². The molecule has 142 valence electrons. The number of fused-ring (bicyclic) bond motifs is 1. The minimum absolute atomic E-state index is 0. The first kappa shape index (κ1) is 19.2. The fraction of sp³-hybridized carbons (Fsp3) is 0.300. The lowest BCUT2D eigenvalue weighted by Gasteiger charge is -2.11. The van der Waals surface area contributed by atoms with Gasteiger partial charge in [-0.05, 0) is 74.2 Å². The number of aromatic amines is 2. The van der Waals surface area contributed by atoms with E-state index in [1.54, 1.807) is 6.07 Å². The molecule has 0 aliphatic carbocycles. The number of benzene rings is 2. The van der Waals surface area contributed by atoms with Crippen molar-refractivity contribution in [3.05, 3.63) is 63.6 Å². The number of amides is 1. The molecule has 1 aliphatic rings. The van der Waals surface area contributed by atoms with Crippen molar-refractivity contribution in [3.63, 3.8) is 0 Å². The van der Waals surface area contributed by atoms with E-state index in [2.05, 4.69) is 20.6 Å². The van der Waals surface area contributed by atoms with Gasteiger partial charge in [0.05, 0.1) is 11.0 Å². The van der Waals surface area contributed by atoms with Crippen LogP contribution in [0.5, 0.6) is 0 Å². The van der Waals surface area contributed by atoms with Gasteiger partial charge in [-0.2, -0.15) is 0 Å². The Balaban J connectivity index is 0.00000210. The smallest absolute Gasteiger partial charge is 0.322 e. The number of hydrogen-bond donors (Lipinski definition) is 4. The quantitative estimate of drug-likeness (QED) is 0.555. The predicted molar refractivity (Wildman–Crippen MR) is 110 cm³/mol. The zero-order valence-corrected chi connectivity index (χ0v) is 15.9. The molecule has 1 saturated heterocycles. The third kappa shape index (κ3) is 4.23. The van der Waals surface area contributed by atoms with Gasteiger partial charge in [-0.3, -0.25) is 4.79 Å². The minimum Gasteiger partial charge on any atom is -0.322 e. The number of aryl methyl sites for hydroxylation is 1. The van der Waals surface area contributed by atoms with E-state index in [-0.39, 0.29) is 24.0 Å². The lowest BCUT2D eigenvalue weighted by atomic mass is 9.98. The maximum atomic E-state index is 12.6. The monoisotopic (exact) mass is 386 g/mol. The molecule has 27 heavy (non-hydrogen) atoms. The number of rotatable bonds is 4. The predicted octanol–water partition coefficient (Wildman–Crippen LogP) is 2.99. The van der Waals surface area contributed by atoms with Gasteiger partial charge in [0.1, 0.15) is 0 Å². The molecule has 3 aromatic rings.